The van der Waals surface area contributed by atoms with E-state index >= 15 is 0 Å². The van der Waals surface area contributed by atoms with Gasteiger partial charge in [-0.25, -0.2) is 0 Å². The summed E-state index contributed by atoms with van der Waals surface area (Å²) in [7, 11) is 0. The van der Waals surface area contributed by atoms with Crippen molar-refractivity contribution in [2.75, 3.05) is 4.43 Å². The molecule has 0 saturated heterocycles. The number of alkyl halides is 3. The van der Waals surface area contributed by atoms with Crippen LogP contribution in [0.4, 0.5) is 0 Å². The minimum absolute atomic E-state index is 0.184. The largest absolute Gasteiger partial charge is 0.196 e. The first kappa shape index (κ1) is 8.68. The highest BCUT2D eigenvalue weighted by Crippen LogP contribution is 2.28. The molecule has 0 heterocycles. The monoisotopic (exact) mass is 433 g/mol. The zero-order chi connectivity index (χ0) is 5.91. The van der Waals surface area contributed by atoms with Gasteiger partial charge in [-0.3, -0.25) is 0 Å². The van der Waals surface area contributed by atoms with E-state index in [9.17, 15) is 0 Å². The predicted molar refractivity (Wildman–Crippen MR) is 55.3 cm³/mol. The zero-order valence-electron chi connectivity index (χ0n) is 3.29. The lowest BCUT2D eigenvalue weighted by Gasteiger charge is -2.02. The minimum atomic E-state index is -0.184. The number of hydrogen-bond acceptors (Lipinski definition) is 1. The molecule has 0 rings (SSSR count). The molecule has 40 valence electrons. The van der Waals surface area contributed by atoms with Gasteiger partial charge >= 0.3 is 0 Å². The third kappa shape index (κ3) is 4.20. The van der Waals surface area contributed by atoms with E-state index in [1.807, 2.05) is 0 Å². The van der Waals surface area contributed by atoms with Gasteiger partial charge in [-0.2, -0.15) is 5.26 Å². The van der Waals surface area contributed by atoms with Gasteiger partial charge in [0.05, 0.1) is 6.07 Å². The van der Waals surface area contributed by atoms with Gasteiger partial charge in [0.25, 0.3) is 0 Å². The first-order valence-electron chi connectivity index (χ1n) is 1.47. The number of rotatable bonds is 1. The van der Waals surface area contributed by atoms with Gasteiger partial charge < -0.3 is 0 Å². The Balaban J connectivity index is 3.66. The Morgan fingerprint density at radius 2 is 2.00 bits per heavy atom. The van der Waals surface area contributed by atoms with Gasteiger partial charge in [0.2, 0.25) is 0 Å². The quantitative estimate of drug-likeness (QED) is 0.461. The summed E-state index contributed by atoms with van der Waals surface area (Å²) in [4.78, 5) is 0. The van der Waals surface area contributed by atoms with Gasteiger partial charge in [0.15, 0.2) is 1.43 Å². The van der Waals surface area contributed by atoms with Crippen LogP contribution in [-0.4, -0.2) is 5.86 Å². The molecule has 0 spiro atoms. The Hall–Kier alpha value is 1.68. The molecule has 0 bridgehead atoms. The maximum absolute atomic E-state index is 8.32. The van der Waals surface area contributed by atoms with Crippen molar-refractivity contribution in [1.82, 2.24) is 0 Å². The van der Waals surface area contributed by atoms with E-state index < -0.39 is 0 Å². The van der Waals surface area contributed by atoms with Crippen LogP contribution in [0, 0.1) is 11.3 Å². The molecule has 0 unspecified atom stereocenters. The number of halogens is 3. The molecule has 0 aromatic heterocycles. The molecule has 0 amide bonds. The summed E-state index contributed by atoms with van der Waals surface area (Å²) in [5.41, 5.74) is 0. The Morgan fingerprint density at radius 3 is 2.00 bits per heavy atom. The van der Waals surface area contributed by atoms with Crippen LogP contribution in [0.5, 0.6) is 0 Å². The lowest BCUT2D eigenvalue weighted by Crippen LogP contribution is -2.06. The zero-order valence-corrected chi connectivity index (χ0v) is 9.76. The molecule has 1 nitrogen and oxygen atoms in total. The molecule has 0 aromatic carbocycles. The molecule has 0 saturated carbocycles. The summed E-state index contributed by atoms with van der Waals surface area (Å²) in [6.45, 7) is 0. The highest BCUT2D eigenvalue weighted by atomic mass is 127. The molecule has 0 N–H and O–H groups in total. The first-order chi connectivity index (χ1) is 3.12. The molecular formula is C3H2I3N. The Labute approximate surface area is 83.6 Å². The highest BCUT2D eigenvalue weighted by Gasteiger charge is 2.18. The molecule has 0 aromatic rings. The maximum Gasteiger partial charge on any atom is 0.168 e. The summed E-state index contributed by atoms with van der Waals surface area (Å²) in [6.07, 6.45) is 0. The molecule has 7 heavy (non-hydrogen) atoms. The molecule has 0 aliphatic heterocycles. The first-order valence-corrected chi connectivity index (χ1v) is 5.16. The Morgan fingerprint density at radius 1 is 1.57 bits per heavy atom. The minimum Gasteiger partial charge on any atom is -0.196 e. The smallest absolute Gasteiger partial charge is 0.168 e. The third-order valence-electron chi connectivity index (χ3n) is 0.331. The molecular weight excluding hydrogens is 431 g/mol. The average molecular weight is 433 g/mol. The molecule has 4 heteroatoms. The predicted octanol–water partition coefficient (Wildman–Crippen LogP) is 2.51. The van der Waals surface area contributed by atoms with Crippen molar-refractivity contribution in [3.63, 3.8) is 0 Å². The fourth-order valence-electron chi connectivity index (χ4n) is 0.0299. The number of hydrogen-bond donors (Lipinski definition) is 0. The van der Waals surface area contributed by atoms with Crippen LogP contribution in [0.1, 0.15) is 0 Å². The van der Waals surface area contributed by atoms with Crippen LogP contribution in [0.25, 0.3) is 0 Å². The Bertz CT molecular complexity index is 92.8. The van der Waals surface area contributed by atoms with E-state index in [1.54, 1.807) is 0 Å². The van der Waals surface area contributed by atoms with Crippen LogP contribution < -0.4 is 0 Å². The van der Waals surface area contributed by atoms with Crippen LogP contribution in [-0.2, 0) is 0 Å². The Kier molecular flexibility index (Phi) is 4.54. The van der Waals surface area contributed by atoms with Crippen LogP contribution >= 0.6 is 67.8 Å². The number of nitrogens with zero attached hydrogens (tertiary/aromatic N) is 1. The number of nitriles is 1. The highest BCUT2D eigenvalue weighted by molar-refractivity contribution is 14.2. The topological polar surface area (TPSA) is 23.8 Å². The second-order valence-electron chi connectivity index (χ2n) is 0.950. The van der Waals surface area contributed by atoms with Crippen molar-refractivity contribution in [1.29, 1.82) is 5.26 Å². The normalized spacial score (nSPS) is 10.6. The van der Waals surface area contributed by atoms with Crippen molar-refractivity contribution in [3.8, 4) is 6.07 Å². The fourth-order valence-corrected chi connectivity index (χ4v) is 0.200. The standard InChI is InChI=1S/C3H2I3N/c4-1-3(5,6)2-7/h1H2. The second kappa shape index (κ2) is 3.66. The average Bonchev–Trinajstić information content (AvgIpc) is 1.68. The summed E-state index contributed by atoms with van der Waals surface area (Å²) in [5.74, 6) is 0. The van der Waals surface area contributed by atoms with E-state index in [4.69, 9.17) is 5.26 Å². The van der Waals surface area contributed by atoms with Gasteiger partial charge in [-0.1, -0.05) is 22.6 Å². The molecule has 0 aliphatic rings. The third-order valence-corrected chi connectivity index (χ3v) is 5.64. The van der Waals surface area contributed by atoms with Gasteiger partial charge in [0.1, 0.15) is 0 Å². The van der Waals surface area contributed by atoms with E-state index in [0.717, 1.165) is 4.43 Å². The van der Waals surface area contributed by atoms with Crippen molar-refractivity contribution in [3.05, 3.63) is 0 Å². The summed E-state index contributed by atoms with van der Waals surface area (Å²) in [5, 5.41) is 8.32. The van der Waals surface area contributed by atoms with Crippen LogP contribution in [0.2, 0.25) is 0 Å². The molecule has 0 radical (unpaired) electrons. The lowest BCUT2D eigenvalue weighted by molar-refractivity contribution is 1.30. The summed E-state index contributed by atoms with van der Waals surface area (Å²) in [6, 6.07) is 2.16. The van der Waals surface area contributed by atoms with Crippen LogP contribution in [0.3, 0.4) is 0 Å². The van der Waals surface area contributed by atoms with Crippen molar-refractivity contribution in [2.45, 2.75) is 1.43 Å². The van der Waals surface area contributed by atoms with Gasteiger partial charge in [-0.15, -0.1) is 0 Å². The fraction of sp³-hybridized carbons (Fsp3) is 0.667. The molecule has 0 aliphatic carbocycles. The van der Waals surface area contributed by atoms with Gasteiger partial charge in [-0.05, 0) is 45.2 Å². The maximum atomic E-state index is 8.32. The van der Waals surface area contributed by atoms with E-state index in [-0.39, 0.29) is 1.43 Å². The van der Waals surface area contributed by atoms with Crippen molar-refractivity contribution >= 4 is 67.8 Å². The van der Waals surface area contributed by atoms with E-state index in [0.29, 0.717) is 0 Å². The second-order valence-corrected chi connectivity index (χ2v) is 7.46. The van der Waals surface area contributed by atoms with Crippen molar-refractivity contribution in [2.24, 2.45) is 0 Å². The van der Waals surface area contributed by atoms with Gasteiger partial charge in [0, 0.05) is 4.43 Å². The molecule has 0 atom stereocenters. The van der Waals surface area contributed by atoms with E-state index in [2.05, 4.69) is 73.8 Å². The van der Waals surface area contributed by atoms with E-state index in [1.165, 1.54) is 0 Å². The SMILES string of the molecule is N#CC(I)(I)CI. The van der Waals surface area contributed by atoms with Crippen LogP contribution in [0.15, 0.2) is 0 Å². The summed E-state index contributed by atoms with van der Waals surface area (Å²) < 4.78 is 0.693. The van der Waals surface area contributed by atoms with Crippen molar-refractivity contribution < 1.29 is 0 Å². The summed E-state index contributed by atoms with van der Waals surface area (Å²) >= 11 is 6.44. The lowest BCUT2D eigenvalue weighted by atomic mass is 10.6. The molecule has 0 fully saturated rings.